The number of fused-ring (bicyclic) bond motifs is 7. The first-order chi connectivity index (χ1) is 16.7. The summed E-state index contributed by atoms with van der Waals surface area (Å²) < 4.78 is 11.1. The largest absolute Gasteiger partial charge is 0.501 e. The first kappa shape index (κ1) is 26.3. The van der Waals surface area contributed by atoms with Crippen LogP contribution in [-0.2, 0) is 19.1 Å². The quantitative estimate of drug-likeness (QED) is 0.373. The van der Waals surface area contributed by atoms with Gasteiger partial charge in [0, 0.05) is 17.9 Å². The molecule has 0 saturated heterocycles. The van der Waals surface area contributed by atoms with Crippen LogP contribution in [0.15, 0.2) is 11.8 Å². The van der Waals surface area contributed by atoms with Crippen LogP contribution in [0.5, 0.6) is 0 Å². The van der Waals surface area contributed by atoms with Crippen LogP contribution in [0, 0.1) is 56.2 Å². The number of allylic oxidation sites excluding steroid dienone is 2. The van der Waals surface area contributed by atoms with Gasteiger partial charge >= 0.3 is 5.97 Å². The highest BCUT2D eigenvalue weighted by molar-refractivity contribution is 5.99. The molecule has 4 fully saturated rings. The van der Waals surface area contributed by atoms with Crippen LogP contribution in [0.1, 0.15) is 106 Å². The second-order valence-electron chi connectivity index (χ2n) is 15.3. The van der Waals surface area contributed by atoms with Gasteiger partial charge in [-0.05, 0) is 96.7 Å². The number of ether oxygens (including phenoxy) is 2. The molecule has 9 atom stereocenters. The van der Waals surface area contributed by atoms with Gasteiger partial charge in [-0.25, -0.2) is 0 Å². The maximum absolute atomic E-state index is 14.0. The molecule has 0 aromatic rings. The van der Waals surface area contributed by atoms with Gasteiger partial charge in [-0.15, -0.1) is 0 Å². The molecule has 5 aliphatic carbocycles. The predicted molar refractivity (Wildman–Crippen MR) is 142 cm³/mol. The van der Waals surface area contributed by atoms with Gasteiger partial charge in [0.25, 0.3) is 0 Å². The van der Waals surface area contributed by atoms with Gasteiger partial charge in [-0.3, -0.25) is 9.59 Å². The third kappa shape index (κ3) is 3.05. The highest BCUT2D eigenvalue weighted by atomic mass is 16.5. The second-order valence-corrected chi connectivity index (χ2v) is 15.3. The van der Waals surface area contributed by atoms with Gasteiger partial charge in [0.2, 0.25) is 0 Å². The molecule has 5 aliphatic rings. The molecule has 0 aliphatic heterocycles. The van der Waals surface area contributed by atoms with Gasteiger partial charge in [-0.2, -0.15) is 0 Å². The number of hydrogen-bond acceptors (Lipinski definition) is 4. The highest BCUT2D eigenvalue weighted by Crippen LogP contribution is 2.78. The Morgan fingerprint density at radius 1 is 0.861 bits per heavy atom. The summed E-state index contributed by atoms with van der Waals surface area (Å²) in [5.74, 6) is 1.12. The van der Waals surface area contributed by atoms with Gasteiger partial charge < -0.3 is 9.47 Å². The van der Waals surface area contributed by atoms with E-state index >= 15 is 0 Å². The molecule has 0 amide bonds. The molecule has 4 saturated carbocycles. The van der Waals surface area contributed by atoms with Gasteiger partial charge in [0.1, 0.15) is 5.76 Å². The summed E-state index contributed by atoms with van der Waals surface area (Å²) in [7, 11) is 3.10. The van der Waals surface area contributed by atoms with Crippen molar-refractivity contribution in [2.45, 2.75) is 106 Å². The smallest absolute Gasteiger partial charge is 0.313 e. The number of rotatable bonds is 2. The van der Waals surface area contributed by atoms with Crippen molar-refractivity contribution in [2.24, 2.45) is 56.2 Å². The minimum atomic E-state index is -0.836. The molecule has 0 aromatic carbocycles. The van der Waals surface area contributed by atoms with E-state index in [-0.39, 0.29) is 39.8 Å². The number of esters is 1. The van der Waals surface area contributed by atoms with Crippen LogP contribution in [0.4, 0.5) is 0 Å². The van der Waals surface area contributed by atoms with Crippen molar-refractivity contribution in [3.8, 4) is 0 Å². The molecular formula is C32H50O4. The molecule has 4 nitrogen and oxygen atoms in total. The monoisotopic (exact) mass is 498 g/mol. The second kappa shape index (κ2) is 7.85. The van der Waals surface area contributed by atoms with Gasteiger partial charge in [0.15, 0.2) is 5.78 Å². The van der Waals surface area contributed by atoms with Crippen LogP contribution in [-0.4, -0.2) is 26.0 Å². The molecule has 4 heteroatoms. The topological polar surface area (TPSA) is 52.6 Å². The normalized spacial score (nSPS) is 51.6. The highest BCUT2D eigenvalue weighted by Gasteiger charge is 2.74. The van der Waals surface area contributed by atoms with Crippen LogP contribution in [0.3, 0.4) is 0 Å². The Hall–Kier alpha value is -1.32. The van der Waals surface area contributed by atoms with E-state index in [1.165, 1.54) is 39.2 Å². The number of methoxy groups -OCH3 is 2. The fourth-order valence-electron chi connectivity index (χ4n) is 11.3. The van der Waals surface area contributed by atoms with Crippen molar-refractivity contribution < 1.29 is 19.1 Å². The number of ketones is 1. The van der Waals surface area contributed by atoms with Crippen molar-refractivity contribution in [2.75, 3.05) is 14.2 Å². The Balaban J connectivity index is 1.62. The summed E-state index contributed by atoms with van der Waals surface area (Å²) in [6, 6.07) is 0. The maximum Gasteiger partial charge on any atom is 0.313 e. The Morgan fingerprint density at radius 2 is 1.47 bits per heavy atom. The Morgan fingerprint density at radius 3 is 2.11 bits per heavy atom. The SMILES string of the molecule is COC(=O)C12CCC3C(C)(CCC4(C)C5CC(C)(C)CCC5(C)CCC34C)C1C(=O)C=C(OC)C2C. The summed E-state index contributed by atoms with van der Waals surface area (Å²) >= 11 is 0. The van der Waals surface area contributed by atoms with E-state index in [9.17, 15) is 9.59 Å². The van der Waals surface area contributed by atoms with Crippen LogP contribution in [0.2, 0.25) is 0 Å². The van der Waals surface area contributed by atoms with Crippen LogP contribution < -0.4 is 0 Å². The molecule has 202 valence electrons. The molecule has 5 rings (SSSR count). The minimum absolute atomic E-state index is 0.0780. The van der Waals surface area contributed by atoms with Crippen molar-refractivity contribution >= 4 is 11.8 Å². The Kier molecular flexibility index (Phi) is 5.74. The molecular weight excluding hydrogens is 448 g/mol. The van der Waals surface area contributed by atoms with Crippen LogP contribution >= 0.6 is 0 Å². The van der Waals surface area contributed by atoms with E-state index in [1.807, 2.05) is 0 Å². The first-order valence-corrected chi connectivity index (χ1v) is 14.5. The summed E-state index contributed by atoms with van der Waals surface area (Å²) in [5, 5.41) is 0. The third-order valence-electron chi connectivity index (χ3n) is 13.6. The van der Waals surface area contributed by atoms with Crippen molar-refractivity contribution in [3.05, 3.63) is 11.8 Å². The predicted octanol–water partition coefficient (Wildman–Crippen LogP) is 7.36. The molecule has 9 unspecified atom stereocenters. The lowest BCUT2D eigenvalue weighted by Gasteiger charge is -2.74. The van der Waals surface area contributed by atoms with Crippen LogP contribution in [0.25, 0.3) is 0 Å². The average molecular weight is 499 g/mol. The molecule has 0 spiro atoms. The third-order valence-corrected chi connectivity index (χ3v) is 13.6. The summed E-state index contributed by atoms with van der Waals surface area (Å²) in [5.41, 5.74) is 0.178. The van der Waals surface area contributed by atoms with Crippen molar-refractivity contribution in [3.63, 3.8) is 0 Å². The van der Waals surface area contributed by atoms with E-state index in [0.717, 1.165) is 19.3 Å². The fourth-order valence-corrected chi connectivity index (χ4v) is 11.3. The Bertz CT molecular complexity index is 996. The van der Waals surface area contributed by atoms with E-state index in [0.29, 0.717) is 34.8 Å². The van der Waals surface area contributed by atoms with E-state index in [2.05, 4.69) is 48.5 Å². The summed E-state index contributed by atoms with van der Waals surface area (Å²) in [6.45, 7) is 17.2. The molecule has 0 radical (unpaired) electrons. The lowest BCUT2D eigenvalue weighted by Crippen LogP contribution is -2.69. The number of carbonyl (C=O) groups excluding carboxylic acids is 2. The number of carbonyl (C=O) groups is 2. The zero-order valence-electron chi connectivity index (χ0n) is 24.4. The van der Waals surface area contributed by atoms with Crippen molar-refractivity contribution in [1.82, 2.24) is 0 Å². The van der Waals surface area contributed by atoms with Gasteiger partial charge in [0.05, 0.1) is 19.6 Å². The fraction of sp³-hybridized carbons (Fsp3) is 0.875. The standard InChI is InChI=1S/C32H50O4/c1-20-22(35-8)18-21(33)25-29(5)15-17-31(7)24-19-27(2,3)12-13-28(24,4)14-16-30(31,6)23(29)10-11-32(20,25)26(34)36-9/h18,20,23-25H,10-17,19H2,1-9H3. The zero-order chi connectivity index (χ0) is 26.5. The Labute approximate surface area is 219 Å². The van der Waals surface area contributed by atoms with E-state index in [4.69, 9.17) is 9.47 Å². The lowest BCUT2D eigenvalue weighted by molar-refractivity contribution is -0.253. The maximum atomic E-state index is 14.0. The van der Waals surface area contributed by atoms with E-state index < -0.39 is 5.41 Å². The summed E-state index contributed by atoms with van der Waals surface area (Å²) in [6.07, 6.45) is 12.1. The molecule has 36 heavy (non-hydrogen) atoms. The summed E-state index contributed by atoms with van der Waals surface area (Å²) in [4.78, 5) is 27.6. The minimum Gasteiger partial charge on any atom is -0.501 e. The molecule has 0 heterocycles. The first-order valence-electron chi connectivity index (χ1n) is 14.5. The van der Waals surface area contributed by atoms with Crippen molar-refractivity contribution in [1.29, 1.82) is 0 Å². The zero-order valence-corrected chi connectivity index (χ0v) is 24.4. The van der Waals surface area contributed by atoms with E-state index in [1.54, 1.807) is 13.2 Å². The van der Waals surface area contributed by atoms with Gasteiger partial charge in [-0.1, -0.05) is 48.5 Å². The lowest BCUT2D eigenvalue weighted by atomic mass is 9.30. The molecule has 0 aromatic heterocycles. The molecule has 0 N–H and O–H groups in total. The number of hydrogen-bond donors (Lipinski definition) is 0. The average Bonchev–Trinajstić information content (AvgIpc) is 2.83. The molecule has 0 bridgehead atoms.